The number of benzene rings is 1. The molecule has 0 aliphatic carbocycles. The Bertz CT molecular complexity index is 792. The second-order valence-corrected chi connectivity index (χ2v) is 6.34. The second kappa shape index (κ2) is 6.34. The van der Waals surface area contributed by atoms with Crippen molar-refractivity contribution in [2.45, 2.75) is 13.5 Å². The maximum Gasteiger partial charge on any atom is 0.348 e. The standard InChI is InChI=1S/C16H12ClNO3S/c1-10-2-7-14(22-10)16(19)20-9-15-18-8-13(21-15)11-3-5-12(17)6-4-11/h2-8H,9H2,1H3. The van der Waals surface area contributed by atoms with Crippen molar-refractivity contribution in [2.24, 2.45) is 0 Å². The van der Waals surface area contributed by atoms with E-state index in [9.17, 15) is 4.79 Å². The molecular weight excluding hydrogens is 322 g/mol. The van der Waals surface area contributed by atoms with Gasteiger partial charge in [0, 0.05) is 15.5 Å². The van der Waals surface area contributed by atoms with Gasteiger partial charge in [0.05, 0.1) is 6.20 Å². The largest absolute Gasteiger partial charge is 0.451 e. The van der Waals surface area contributed by atoms with Gasteiger partial charge in [-0.3, -0.25) is 0 Å². The summed E-state index contributed by atoms with van der Waals surface area (Å²) in [5.41, 5.74) is 0.864. The first-order valence-electron chi connectivity index (χ1n) is 6.56. The van der Waals surface area contributed by atoms with Crippen LogP contribution in [0.15, 0.2) is 47.0 Å². The second-order valence-electron chi connectivity index (χ2n) is 4.61. The van der Waals surface area contributed by atoms with Crippen LogP contribution in [0.25, 0.3) is 11.3 Å². The zero-order chi connectivity index (χ0) is 15.5. The third kappa shape index (κ3) is 3.37. The van der Waals surface area contributed by atoms with Crippen molar-refractivity contribution < 1.29 is 13.9 Å². The zero-order valence-corrected chi connectivity index (χ0v) is 13.3. The predicted octanol–water partition coefficient (Wildman–Crippen LogP) is 4.72. The van der Waals surface area contributed by atoms with Crippen LogP contribution in [0.2, 0.25) is 5.02 Å². The number of aryl methyl sites for hydroxylation is 1. The molecule has 0 aliphatic rings. The highest BCUT2D eigenvalue weighted by Crippen LogP contribution is 2.23. The smallest absolute Gasteiger partial charge is 0.348 e. The van der Waals surface area contributed by atoms with Gasteiger partial charge >= 0.3 is 5.97 Å². The van der Waals surface area contributed by atoms with Crippen molar-refractivity contribution in [3.63, 3.8) is 0 Å². The number of nitrogens with zero attached hydrogens (tertiary/aromatic N) is 1. The minimum atomic E-state index is -0.371. The topological polar surface area (TPSA) is 52.3 Å². The lowest BCUT2D eigenvalue weighted by molar-refractivity contribution is 0.0445. The first kappa shape index (κ1) is 14.8. The van der Waals surface area contributed by atoms with E-state index in [-0.39, 0.29) is 12.6 Å². The number of hydrogen-bond acceptors (Lipinski definition) is 5. The van der Waals surface area contributed by atoms with Gasteiger partial charge in [-0.15, -0.1) is 11.3 Å². The Labute approximate surface area is 136 Å². The Kier molecular flexibility index (Phi) is 4.27. The molecule has 3 rings (SSSR count). The van der Waals surface area contributed by atoms with Crippen LogP contribution in [-0.4, -0.2) is 11.0 Å². The third-order valence-corrected chi connectivity index (χ3v) is 4.18. The minimum absolute atomic E-state index is 0.00334. The fourth-order valence-corrected chi connectivity index (χ4v) is 2.75. The summed E-state index contributed by atoms with van der Waals surface area (Å²) < 4.78 is 10.8. The lowest BCUT2D eigenvalue weighted by atomic mass is 10.2. The van der Waals surface area contributed by atoms with Crippen LogP contribution >= 0.6 is 22.9 Å². The number of rotatable bonds is 4. The van der Waals surface area contributed by atoms with Gasteiger partial charge in [0.15, 0.2) is 12.4 Å². The Morgan fingerprint density at radius 3 is 2.73 bits per heavy atom. The number of halogens is 1. The molecule has 22 heavy (non-hydrogen) atoms. The van der Waals surface area contributed by atoms with E-state index in [0.29, 0.717) is 21.6 Å². The summed E-state index contributed by atoms with van der Waals surface area (Å²) in [4.78, 5) is 17.6. The SMILES string of the molecule is Cc1ccc(C(=O)OCc2ncc(-c3ccc(Cl)cc3)o2)s1. The number of oxazole rings is 1. The molecule has 6 heteroatoms. The number of thiophene rings is 1. The van der Waals surface area contributed by atoms with Crippen molar-refractivity contribution in [3.05, 3.63) is 63.3 Å². The highest BCUT2D eigenvalue weighted by Gasteiger charge is 2.12. The van der Waals surface area contributed by atoms with Crippen molar-refractivity contribution >= 4 is 28.9 Å². The molecule has 0 amide bonds. The maximum atomic E-state index is 11.8. The molecule has 112 valence electrons. The molecule has 1 aromatic carbocycles. The summed E-state index contributed by atoms with van der Waals surface area (Å²) in [7, 11) is 0. The molecular formula is C16H12ClNO3S. The lowest BCUT2D eigenvalue weighted by Gasteiger charge is -2.00. The number of ether oxygens (including phenoxy) is 1. The van der Waals surface area contributed by atoms with E-state index in [4.69, 9.17) is 20.8 Å². The van der Waals surface area contributed by atoms with Crippen molar-refractivity contribution in [1.29, 1.82) is 0 Å². The highest BCUT2D eigenvalue weighted by atomic mass is 35.5. The third-order valence-electron chi connectivity index (χ3n) is 2.95. The minimum Gasteiger partial charge on any atom is -0.451 e. The summed E-state index contributed by atoms with van der Waals surface area (Å²) in [5, 5.41) is 0.656. The van der Waals surface area contributed by atoms with E-state index in [1.54, 1.807) is 24.4 Å². The summed E-state index contributed by atoms with van der Waals surface area (Å²) in [5.74, 6) is 0.589. The predicted molar refractivity (Wildman–Crippen MR) is 85.1 cm³/mol. The Balaban J connectivity index is 1.64. The number of hydrogen-bond donors (Lipinski definition) is 0. The summed E-state index contributed by atoms with van der Waals surface area (Å²) in [6.07, 6.45) is 1.60. The average Bonchev–Trinajstić information content (AvgIpc) is 3.15. The van der Waals surface area contributed by atoms with Gasteiger partial charge < -0.3 is 9.15 Å². The zero-order valence-electron chi connectivity index (χ0n) is 11.7. The molecule has 0 aliphatic heterocycles. The maximum absolute atomic E-state index is 11.8. The molecule has 0 radical (unpaired) electrons. The molecule has 2 heterocycles. The summed E-state index contributed by atoms with van der Waals surface area (Å²) >= 11 is 7.24. The monoisotopic (exact) mass is 333 g/mol. The van der Waals surface area contributed by atoms with Crippen LogP contribution in [0.5, 0.6) is 0 Å². The van der Waals surface area contributed by atoms with Gasteiger partial charge in [0.1, 0.15) is 4.88 Å². The summed E-state index contributed by atoms with van der Waals surface area (Å²) in [6, 6.07) is 10.9. The van der Waals surface area contributed by atoms with Gasteiger partial charge in [-0.05, 0) is 43.3 Å². The molecule has 2 aromatic heterocycles. The molecule has 3 aromatic rings. The van der Waals surface area contributed by atoms with Crippen molar-refractivity contribution in [2.75, 3.05) is 0 Å². The normalized spacial score (nSPS) is 10.6. The number of aromatic nitrogens is 1. The van der Waals surface area contributed by atoms with E-state index < -0.39 is 0 Å². The lowest BCUT2D eigenvalue weighted by Crippen LogP contribution is -2.03. The van der Waals surface area contributed by atoms with E-state index >= 15 is 0 Å². The number of carbonyl (C=O) groups excluding carboxylic acids is 1. The van der Waals surface area contributed by atoms with Crippen LogP contribution in [0.3, 0.4) is 0 Å². The molecule has 0 N–H and O–H groups in total. The van der Waals surface area contributed by atoms with Gasteiger partial charge in [-0.1, -0.05) is 11.6 Å². The average molecular weight is 334 g/mol. The molecule has 0 saturated carbocycles. The van der Waals surface area contributed by atoms with Crippen LogP contribution in [0.1, 0.15) is 20.4 Å². The van der Waals surface area contributed by atoms with Crippen LogP contribution in [-0.2, 0) is 11.3 Å². The fraction of sp³-hybridized carbons (Fsp3) is 0.125. The van der Waals surface area contributed by atoms with E-state index in [1.807, 2.05) is 25.1 Å². The van der Waals surface area contributed by atoms with Gasteiger partial charge in [-0.2, -0.15) is 0 Å². The molecule has 4 nitrogen and oxygen atoms in total. The number of esters is 1. The Hall–Kier alpha value is -2.11. The van der Waals surface area contributed by atoms with Gasteiger partial charge in [0.2, 0.25) is 5.89 Å². The molecule has 0 bridgehead atoms. The number of carbonyl (C=O) groups is 1. The quantitative estimate of drug-likeness (QED) is 0.648. The summed E-state index contributed by atoms with van der Waals surface area (Å²) in [6.45, 7) is 1.94. The van der Waals surface area contributed by atoms with E-state index in [1.165, 1.54) is 11.3 Å². The van der Waals surface area contributed by atoms with Crippen LogP contribution in [0.4, 0.5) is 0 Å². The Morgan fingerprint density at radius 1 is 1.27 bits per heavy atom. The van der Waals surface area contributed by atoms with Crippen molar-refractivity contribution in [3.8, 4) is 11.3 Å². The molecule has 0 atom stereocenters. The molecule has 0 fully saturated rings. The van der Waals surface area contributed by atoms with Crippen LogP contribution < -0.4 is 0 Å². The molecule has 0 unspecified atom stereocenters. The fourth-order valence-electron chi connectivity index (χ4n) is 1.87. The van der Waals surface area contributed by atoms with E-state index in [2.05, 4.69) is 4.98 Å². The Morgan fingerprint density at radius 2 is 2.05 bits per heavy atom. The first-order chi connectivity index (χ1) is 10.6. The first-order valence-corrected chi connectivity index (χ1v) is 7.75. The van der Waals surface area contributed by atoms with E-state index in [0.717, 1.165) is 10.4 Å². The van der Waals surface area contributed by atoms with Crippen LogP contribution in [0, 0.1) is 6.92 Å². The van der Waals surface area contributed by atoms with Gasteiger partial charge in [0.25, 0.3) is 0 Å². The van der Waals surface area contributed by atoms with Crippen molar-refractivity contribution in [1.82, 2.24) is 4.98 Å². The van der Waals surface area contributed by atoms with Gasteiger partial charge in [-0.25, -0.2) is 9.78 Å². The molecule has 0 saturated heterocycles. The highest BCUT2D eigenvalue weighted by molar-refractivity contribution is 7.13. The molecule has 0 spiro atoms.